The molecule has 0 unspecified atom stereocenters. The Balaban J connectivity index is 1.50. The number of fused-ring (bicyclic) bond motifs is 1. The van der Waals surface area contributed by atoms with E-state index in [9.17, 15) is 0 Å². The molecule has 3 aromatic heterocycles. The molecule has 0 amide bonds. The fourth-order valence-corrected chi connectivity index (χ4v) is 3.03. The second-order valence-corrected chi connectivity index (χ2v) is 6.17. The van der Waals surface area contributed by atoms with Crippen LogP contribution in [0.4, 0.5) is 5.82 Å². The first kappa shape index (κ1) is 15.4. The lowest BCUT2D eigenvalue weighted by atomic mass is 10.0. The van der Waals surface area contributed by atoms with Crippen molar-refractivity contribution in [2.75, 3.05) is 5.32 Å². The van der Waals surface area contributed by atoms with E-state index >= 15 is 0 Å². The minimum Gasteiger partial charge on any atom is -0.366 e. The first-order chi connectivity index (χ1) is 12.3. The summed E-state index contributed by atoms with van der Waals surface area (Å²) in [4.78, 5) is 12.3. The number of hydrogen-bond acceptors (Lipinski definition) is 3. The zero-order chi connectivity index (χ0) is 17.1. The molecule has 1 aromatic carbocycles. The summed E-state index contributed by atoms with van der Waals surface area (Å²) < 4.78 is 0. The summed E-state index contributed by atoms with van der Waals surface area (Å²) in [5, 5.41) is 4.56. The zero-order valence-corrected chi connectivity index (χ0v) is 14.2. The van der Waals surface area contributed by atoms with Crippen LogP contribution in [0.25, 0.3) is 11.0 Å². The van der Waals surface area contributed by atoms with Gasteiger partial charge in [0.05, 0.1) is 0 Å². The van der Waals surface area contributed by atoms with Gasteiger partial charge >= 0.3 is 0 Å². The van der Waals surface area contributed by atoms with Crippen LogP contribution in [-0.2, 0) is 13.0 Å². The molecule has 4 rings (SSSR count). The molecule has 0 aliphatic carbocycles. The molecule has 2 N–H and O–H groups in total. The third-order valence-electron chi connectivity index (χ3n) is 4.43. The van der Waals surface area contributed by atoms with Gasteiger partial charge < -0.3 is 10.3 Å². The lowest BCUT2D eigenvalue weighted by Crippen LogP contribution is -2.03. The maximum atomic E-state index is 4.71. The highest BCUT2D eigenvalue weighted by molar-refractivity contribution is 5.79. The van der Waals surface area contributed by atoms with Gasteiger partial charge in [-0.25, -0.2) is 9.97 Å². The Bertz CT molecular complexity index is 989. The summed E-state index contributed by atoms with van der Waals surface area (Å²) in [7, 11) is 0. The van der Waals surface area contributed by atoms with E-state index in [0.717, 1.165) is 30.1 Å². The Kier molecular flexibility index (Phi) is 4.17. The predicted molar refractivity (Wildman–Crippen MR) is 102 cm³/mol. The minimum absolute atomic E-state index is 0.779. The van der Waals surface area contributed by atoms with E-state index in [0.29, 0.717) is 0 Å². The van der Waals surface area contributed by atoms with E-state index in [1.165, 1.54) is 22.1 Å². The van der Waals surface area contributed by atoms with Crippen molar-refractivity contribution in [1.29, 1.82) is 0 Å². The topological polar surface area (TPSA) is 53.6 Å². The van der Waals surface area contributed by atoms with E-state index < -0.39 is 0 Å². The molecular formula is C21H20N4. The SMILES string of the molecule is Cc1nc(NCc2ccccc2)ccc1Cc1c[nH]c2ncccc12. The van der Waals surface area contributed by atoms with E-state index in [1.807, 2.05) is 24.5 Å². The number of nitrogens with one attached hydrogen (secondary N) is 2. The van der Waals surface area contributed by atoms with Gasteiger partial charge in [0.15, 0.2) is 0 Å². The Hall–Kier alpha value is -3.14. The number of anilines is 1. The van der Waals surface area contributed by atoms with Crippen molar-refractivity contribution in [3.05, 3.63) is 89.4 Å². The second kappa shape index (κ2) is 6.77. The summed E-state index contributed by atoms with van der Waals surface area (Å²) in [6, 6.07) is 18.6. The van der Waals surface area contributed by atoms with Crippen LogP contribution in [0.5, 0.6) is 0 Å². The molecule has 4 aromatic rings. The Morgan fingerprint density at radius 2 is 1.84 bits per heavy atom. The summed E-state index contributed by atoms with van der Waals surface area (Å²) in [5.74, 6) is 0.908. The molecule has 0 aliphatic rings. The number of pyridine rings is 2. The quantitative estimate of drug-likeness (QED) is 0.568. The van der Waals surface area contributed by atoms with Gasteiger partial charge in [0.25, 0.3) is 0 Å². The van der Waals surface area contributed by atoms with E-state index in [2.05, 4.69) is 64.7 Å². The zero-order valence-electron chi connectivity index (χ0n) is 14.2. The van der Waals surface area contributed by atoms with Gasteiger partial charge in [0.2, 0.25) is 0 Å². The molecular weight excluding hydrogens is 308 g/mol. The molecule has 4 heteroatoms. The van der Waals surface area contributed by atoms with Crippen molar-refractivity contribution in [3.63, 3.8) is 0 Å². The monoisotopic (exact) mass is 328 g/mol. The van der Waals surface area contributed by atoms with E-state index in [1.54, 1.807) is 0 Å². The Morgan fingerprint density at radius 1 is 0.960 bits per heavy atom. The average molecular weight is 328 g/mol. The number of rotatable bonds is 5. The molecule has 0 aliphatic heterocycles. The minimum atomic E-state index is 0.779. The molecule has 4 nitrogen and oxygen atoms in total. The molecule has 124 valence electrons. The van der Waals surface area contributed by atoms with Crippen molar-refractivity contribution in [3.8, 4) is 0 Å². The van der Waals surface area contributed by atoms with Gasteiger partial charge in [0.1, 0.15) is 11.5 Å². The molecule has 0 fully saturated rings. The number of hydrogen-bond donors (Lipinski definition) is 2. The Morgan fingerprint density at radius 3 is 2.68 bits per heavy atom. The molecule has 25 heavy (non-hydrogen) atoms. The fourth-order valence-electron chi connectivity index (χ4n) is 3.03. The van der Waals surface area contributed by atoms with Crippen molar-refractivity contribution < 1.29 is 0 Å². The maximum absolute atomic E-state index is 4.71. The molecule has 0 spiro atoms. The molecule has 0 radical (unpaired) electrons. The van der Waals surface area contributed by atoms with Gasteiger partial charge in [0, 0.05) is 36.4 Å². The third kappa shape index (κ3) is 3.38. The number of H-pyrrole nitrogens is 1. The summed E-state index contributed by atoms with van der Waals surface area (Å²) in [6.45, 7) is 2.84. The largest absolute Gasteiger partial charge is 0.366 e. The third-order valence-corrected chi connectivity index (χ3v) is 4.43. The van der Waals surface area contributed by atoms with Crippen LogP contribution < -0.4 is 5.32 Å². The number of nitrogens with zero attached hydrogens (tertiary/aromatic N) is 2. The second-order valence-electron chi connectivity index (χ2n) is 6.17. The Labute approximate surface area is 147 Å². The van der Waals surface area contributed by atoms with Crippen LogP contribution in [0, 0.1) is 6.92 Å². The standard InChI is InChI=1S/C21H20N4/c1-15-17(12-18-14-24-21-19(18)8-5-11-22-21)9-10-20(25-15)23-13-16-6-3-2-4-7-16/h2-11,14H,12-13H2,1H3,(H,22,24)(H,23,25). The van der Waals surface area contributed by atoms with Crippen LogP contribution in [0.2, 0.25) is 0 Å². The first-order valence-corrected chi connectivity index (χ1v) is 8.45. The lowest BCUT2D eigenvalue weighted by Gasteiger charge is -2.10. The fraction of sp³-hybridized carbons (Fsp3) is 0.143. The van der Waals surface area contributed by atoms with Crippen LogP contribution in [0.15, 0.2) is 67.0 Å². The predicted octanol–water partition coefficient (Wildman–Crippen LogP) is 4.47. The molecule has 3 heterocycles. The van der Waals surface area contributed by atoms with Gasteiger partial charge in [-0.3, -0.25) is 0 Å². The molecule has 0 bridgehead atoms. The van der Waals surface area contributed by atoms with Crippen LogP contribution in [0.3, 0.4) is 0 Å². The number of aryl methyl sites for hydroxylation is 1. The normalized spacial score (nSPS) is 10.9. The highest BCUT2D eigenvalue weighted by Gasteiger charge is 2.08. The van der Waals surface area contributed by atoms with Crippen LogP contribution in [0.1, 0.15) is 22.4 Å². The van der Waals surface area contributed by atoms with Crippen LogP contribution in [-0.4, -0.2) is 15.0 Å². The van der Waals surface area contributed by atoms with Gasteiger partial charge in [-0.2, -0.15) is 0 Å². The van der Waals surface area contributed by atoms with Crippen LogP contribution >= 0.6 is 0 Å². The first-order valence-electron chi connectivity index (χ1n) is 8.45. The summed E-state index contributed by atoms with van der Waals surface area (Å²) >= 11 is 0. The maximum Gasteiger partial charge on any atom is 0.137 e. The van der Waals surface area contributed by atoms with Crippen molar-refractivity contribution in [2.24, 2.45) is 0 Å². The number of aromatic nitrogens is 3. The molecule has 0 atom stereocenters. The average Bonchev–Trinajstić information content (AvgIpc) is 3.06. The highest BCUT2D eigenvalue weighted by Crippen LogP contribution is 2.21. The smallest absolute Gasteiger partial charge is 0.137 e. The summed E-state index contributed by atoms with van der Waals surface area (Å²) in [5.41, 5.74) is 5.71. The molecule has 0 saturated carbocycles. The van der Waals surface area contributed by atoms with E-state index in [4.69, 9.17) is 4.98 Å². The highest BCUT2D eigenvalue weighted by atomic mass is 15.0. The van der Waals surface area contributed by atoms with Gasteiger partial charge in [-0.15, -0.1) is 0 Å². The lowest BCUT2D eigenvalue weighted by molar-refractivity contribution is 1.05. The van der Waals surface area contributed by atoms with E-state index in [-0.39, 0.29) is 0 Å². The number of benzene rings is 1. The number of aromatic amines is 1. The van der Waals surface area contributed by atoms with Gasteiger partial charge in [-0.1, -0.05) is 36.4 Å². The van der Waals surface area contributed by atoms with Gasteiger partial charge in [-0.05, 0) is 41.8 Å². The molecule has 0 saturated heterocycles. The summed E-state index contributed by atoms with van der Waals surface area (Å²) in [6.07, 6.45) is 4.70. The van der Waals surface area contributed by atoms with Crippen molar-refractivity contribution in [2.45, 2.75) is 19.9 Å². The van der Waals surface area contributed by atoms with Crippen molar-refractivity contribution in [1.82, 2.24) is 15.0 Å². The van der Waals surface area contributed by atoms with Crippen molar-refractivity contribution >= 4 is 16.9 Å².